The third-order valence-corrected chi connectivity index (χ3v) is 3.54. The quantitative estimate of drug-likeness (QED) is 0.817. The molecule has 0 aliphatic heterocycles. The molecular weight excluding hydrogens is 228 g/mol. The van der Waals surface area contributed by atoms with Crippen LogP contribution in [-0.4, -0.2) is 30.6 Å². The molecule has 0 bridgehead atoms. The van der Waals surface area contributed by atoms with E-state index in [1.807, 2.05) is 6.26 Å². The van der Waals surface area contributed by atoms with Crippen LogP contribution in [0.4, 0.5) is 19.6 Å². The maximum absolute atomic E-state index is 12.1. The van der Waals surface area contributed by atoms with Gasteiger partial charge in [0.2, 0.25) is 0 Å². The number of hydrogen-bond acceptors (Lipinski definition) is 5. The monoisotopic (exact) mass is 239 g/mol. The summed E-state index contributed by atoms with van der Waals surface area (Å²) in [5, 5.41) is 0.704. The summed E-state index contributed by atoms with van der Waals surface area (Å²) in [6.45, 7) is -0.296. The second kappa shape index (κ2) is 4.79. The fourth-order valence-electron chi connectivity index (χ4n) is 1.01. The minimum Gasteiger partial charge on any atom is -0.382 e. The van der Waals surface area contributed by atoms with Gasteiger partial charge in [0.15, 0.2) is 5.82 Å². The van der Waals surface area contributed by atoms with Gasteiger partial charge in [-0.1, -0.05) is 0 Å². The molecule has 0 aliphatic rings. The molecule has 1 aromatic heterocycles. The van der Waals surface area contributed by atoms with Crippen LogP contribution in [0.15, 0.2) is 4.90 Å². The Morgan fingerprint density at radius 3 is 2.79 bits per heavy atom. The van der Waals surface area contributed by atoms with Crippen molar-refractivity contribution in [1.82, 2.24) is 4.37 Å². The predicted octanol–water partition coefficient (Wildman–Crippen LogP) is 2.15. The Morgan fingerprint density at radius 2 is 2.29 bits per heavy atom. The van der Waals surface area contributed by atoms with E-state index < -0.39 is 6.43 Å². The zero-order chi connectivity index (χ0) is 10.7. The van der Waals surface area contributed by atoms with Crippen LogP contribution < -0.4 is 10.6 Å². The number of anilines is 2. The summed E-state index contributed by atoms with van der Waals surface area (Å²) >= 11 is 2.57. The van der Waals surface area contributed by atoms with E-state index in [4.69, 9.17) is 5.73 Å². The zero-order valence-electron chi connectivity index (χ0n) is 7.83. The first kappa shape index (κ1) is 11.5. The molecule has 1 heterocycles. The SMILES string of the molecule is CSc1c(N)nsc1N(C)CC(F)F. The number of alkyl halides is 2. The first-order chi connectivity index (χ1) is 6.56. The average Bonchev–Trinajstić information content (AvgIpc) is 2.45. The minimum absolute atomic E-state index is 0.296. The number of nitrogen functional groups attached to an aromatic ring is 1. The van der Waals surface area contributed by atoms with Gasteiger partial charge in [-0.3, -0.25) is 0 Å². The van der Waals surface area contributed by atoms with E-state index in [9.17, 15) is 8.78 Å². The second-order valence-corrected chi connectivity index (χ2v) is 4.25. The van der Waals surface area contributed by atoms with Gasteiger partial charge in [0.1, 0.15) is 5.00 Å². The lowest BCUT2D eigenvalue weighted by molar-refractivity contribution is 0.156. The molecule has 0 saturated heterocycles. The summed E-state index contributed by atoms with van der Waals surface area (Å²) in [7, 11) is 1.61. The van der Waals surface area contributed by atoms with Gasteiger partial charge in [-0.15, -0.1) is 11.8 Å². The van der Waals surface area contributed by atoms with Crippen LogP contribution in [0.3, 0.4) is 0 Å². The lowest BCUT2D eigenvalue weighted by Crippen LogP contribution is -2.23. The Bertz CT molecular complexity index is 303. The molecule has 14 heavy (non-hydrogen) atoms. The number of halogens is 2. The van der Waals surface area contributed by atoms with Crippen LogP contribution in [0.2, 0.25) is 0 Å². The summed E-state index contributed by atoms with van der Waals surface area (Å²) in [5.74, 6) is 0.415. The summed E-state index contributed by atoms with van der Waals surface area (Å²) < 4.78 is 28.2. The van der Waals surface area contributed by atoms with E-state index in [0.29, 0.717) is 10.8 Å². The van der Waals surface area contributed by atoms with Crippen LogP contribution in [0, 0.1) is 0 Å². The Morgan fingerprint density at radius 1 is 1.64 bits per heavy atom. The third kappa shape index (κ3) is 2.48. The number of thioether (sulfide) groups is 1. The van der Waals surface area contributed by atoms with Crippen LogP contribution in [-0.2, 0) is 0 Å². The van der Waals surface area contributed by atoms with E-state index in [1.54, 1.807) is 7.05 Å². The smallest absolute Gasteiger partial charge is 0.255 e. The maximum Gasteiger partial charge on any atom is 0.255 e. The number of nitrogens with two attached hydrogens (primary N) is 1. The summed E-state index contributed by atoms with van der Waals surface area (Å²) in [5.41, 5.74) is 5.58. The lowest BCUT2D eigenvalue weighted by Gasteiger charge is -2.16. The van der Waals surface area contributed by atoms with Crippen molar-refractivity contribution in [2.24, 2.45) is 0 Å². The van der Waals surface area contributed by atoms with Crippen LogP contribution in [0.5, 0.6) is 0 Å². The molecule has 1 aromatic rings. The Balaban J connectivity index is 2.83. The van der Waals surface area contributed by atoms with Crippen molar-refractivity contribution < 1.29 is 8.78 Å². The van der Waals surface area contributed by atoms with Crippen molar-refractivity contribution in [1.29, 1.82) is 0 Å². The topological polar surface area (TPSA) is 42.1 Å². The second-order valence-electron chi connectivity index (χ2n) is 2.68. The van der Waals surface area contributed by atoms with E-state index in [0.717, 1.165) is 16.4 Å². The van der Waals surface area contributed by atoms with Crippen molar-refractivity contribution in [2.45, 2.75) is 11.3 Å². The zero-order valence-corrected chi connectivity index (χ0v) is 9.46. The highest BCUT2D eigenvalue weighted by atomic mass is 32.2. The molecule has 80 valence electrons. The highest BCUT2D eigenvalue weighted by Gasteiger charge is 2.16. The standard InChI is InChI=1S/C7H11F2N3S2/c1-12(3-4(8)9)7-5(13-2)6(10)11-14-7/h4H,3H2,1-2H3,(H2,10,11). The van der Waals surface area contributed by atoms with Crippen molar-refractivity contribution in [3.63, 3.8) is 0 Å². The van der Waals surface area contributed by atoms with E-state index in [-0.39, 0.29) is 6.54 Å². The van der Waals surface area contributed by atoms with Gasteiger partial charge >= 0.3 is 0 Å². The van der Waals surface area contributed by atoms with Gasteiger partial charge in [0.25, 0.3) is 6.43 Å². The number of nitrogens with zero attached hydrogens (tertiary/aromatic N) is 2. The molecule has 0 aliphatic carbocycles. The fraction of sp³-hybridized carbons (Fsp3) is 0.571. The molecule has 0 fully saturated rings. The summed E-state index contributed by atoms with van der Waals surface area (Å²) in [6, 6.07) is 0. The van der Waals surface area contributed by atoms with Gasteiger partial charge in [0.05, 0.1) is 11.4 Å². The molecule has 0 amide bonds. The molecule has 7 heteroatoms. The van der Waals surface area contributed by atoms with Crippen LogP contribution in [0.25, 0.3) is 0 Å². The van der Waals surface area contributed by atoms with Gasteiger partial charge in [-0.2, -0.15) is 4.37 Å². The summed E-state index contributed by atoms with van der Waals surface area (Å²) in [4.78, 5) is 2.25. The molecular formula is C7H11F2N3S2. The summed E-state index contributed by atoms with van der Waals surface area (Å²) in [6.07, 6.45) is -0.502. The van der Waals surface area contributed by atoms with E-state index >= 15 is 0 Å². The van der Waals surface area contributed by atoms with Gasteiger partial charge in [-0.05, 0) is 17.8 Å². The first-order valence-electron chi connectivity index (χ1n) is 3.84. The fourth-order valence-corrected chi connectivity index (χ4v) is 2.69. The third-order valence-electron chi connectivity index (χ3n) is 1.62. The number of aromatic nitrogens is 1. The van der Waals surface area contributed by atoms with Gasteiger partial charge in [0, 0.05) is 7.05 Å². The Kier molecular flexibility index (Phi) is 3.94. The molecule has 0 aromatic carbocycles. The van der Waals surface area contributed by atoms with Crippen molar-refractivity contribution in [3.05, 3.63) is 0 Å². The van der Waals surface area contributed by atoms with Gasteiger partial charge < -0.3 is 10.6 Å². The molecule has 3 nitrogen and oxygen atoms in total. The van der Waals surface area contributed by atoms with Crippen molar-refractivity contribution in [2.75, 3.05) is 30.5 Å². The molecule has 0 unspecified atom stereocenters. The highest BCUT2D eigenvalue weighted by molar-refractivity contribution is 7.99. The highest BCUT2D eigenvalue weighted by Crippen LogP contribution is 2.36. The van der Waals surface area contributed by atoms with Crippen LogP contribution >= 0.6 is 23.3 Å². The van der Waals surface area contributed by atoms with E-state index in [2.05, 4.69) is 4.37 Å². The Labute approximate surface area is 89.4 Å². The molecule has 0 saturated carbocycles. The molecule has 0 radical (unpaired) electrons. The largest absolute Gasteiger partial charge is 0.382 e. The normalized spacial score (nSPS) is 10.9. The molecule has 0 atom stereocenters. The van der Waals surface area contributed by atoms with Crippen LogP contribution in [0.1, 0.15) is 0 Å². The minimum atomic E-state index is -2.35. The number of rotatable bonds is 4. The molecule has 2 N–H and O–H groups in total. The predicted molar refractivity (Wildman–Crippen MR) is 57.6 cm³/mol. The van der Waals surface area contributed by atoms with Crippen molar-refractivity contribution >= 4 is 34.1 Å². The average molecular weight is 239 g/mol. The number of hydrogen-bond donors (Lipinski definition) is 1. The van der Waals surface area contributed by atoms with Crippen molar-refractivity contribution in [3.8, 4) is 0 Å². The maximum atomic E-state index is 12.1. The van der Waals surface area contributed by atoms with E-state index in [1.165, 1.54) is 16.7 Å². The first-order valence-corrected chi connectivity index (χ1v) is 5.84. The molecule has 0 spiro atoms. The van der Waals surface area contributed by atoms with Gasteiger partial charge in [-0.25, -0.2) is 8.78 Å². The lowest BCUT2D eigenvalue weighted by atomic mass is 10.5. The Hall–Kier alpha value is -0.560. The molecule has 1 rings (SSSR count).